The minimum atomic E-state index is -4.76. The first-order valence-corrected chi connectivity index (χ1v) is 4.60. The van der Waals surface area contributed by atoms with Crippen LogP contribution >= 0.6 is 0 Å². The summed E-state index contributed by atoms with van der Waals surface area (Å²) in [5.41, 5.74) is 0. The van der Waals surface area contributed by atoms with E-state index < -0.39 is 31.6 Å². The van der Waals surface area contributed by atoms with E-state index in [9.17, 15) is 31.1 Å². The number of amides is 1. The first kappa shape index (κ1) is 15.9. The number of nitrogens with zero attached hydrogens (tertiary/aromatic N) is 1. The fourth-order valence-corrected chi connectivity index (χ4v) is 0.956. The third-order valence-electron chi connectivity index (χ3n) is 1.48. The number of rotatable bonds is 4. The van der Waals surface area contributed by atoms with Crippen LogP contribution < -0.4 is 0 Å². The Morgan fingerprint density at radius 3 is 2.00 bits per heavy atom. The van der Waals surface area contributed by atoms with E-state index in [1.807, 2.05) is 0 Å². The fourth-order valence-electron chi connectivity index (χ4n) is 0.956. The molecule has 1 amide bonds. The maximum atomic E-state index is 12.0. The van der Waals surface area contributed by atoms with Crippen molar-refractivity contribution in [1.82, 2.24) is 4.90 Å². The molecular formula is C8H11F6NO2. The largest absolute Gasteiger partial charge is 0.440 e. The Labute approximate surface area is 93.3 Å². The summed E-state index contributed by atoms with van der Waals surface area (Å²) in [5.74, 6) is 0. The zero-order valence-corrected chi connectivity index (χ0v) is 8.86. The molecule has 0 aliphatic carbocycles. The van der Waals surface area contributed by atoms with Crippen molar-refractivity contribution in [3.8, 4) is 0 Å². The molecule has 0 saturated carbocycles. The Morgan fingerprint density at radius 2 is 1.65 bits per heavy atom. The summed E-state index contributed by atoms with van der Waals surface area (Å²) in [5, 5.41) is 0. The minimum Gasteiger partial charge on any atom is -0.440 e. The molecule has 9 heteroatoms. The van der Waals surface area contributed by atoms with Gasteiger partial charge in [-0.25, -0.2) is 4.79 Å². The lowest BCUT2D eigenvalue weighted by Crippen LogP contribution is -2.40. The van der Waals surface area contributed by atoms with E-state index in [0.29, 0.717) is 0 Å². The molecule has 0 bridgehead atoms. The van der Waals surface area contributed by atoms with Gasteiger partial charge >= 0.3 is 18.4 Å². The summed E-state index contributed by atoms with van der Waals surface area (Å²) in [6.07, 6.45) is -10.9. The van der Waals surface area contributed by atoms with E-state index in [1.165, 1.54) is 6.92 Å². The molecule has 0 atom stereocenters. The lowest BCUT2D eigenvalue weighted by molar-refractivity contribution is -0.167. The molecule has 0 saturated heterocycles. The van der Waals surface area contributed by atoms with Gasteiger partial charge in [-0.05, 0) is 6.42 Å². The molecule has 0 aromatic heterocycles. The number of alkyl halides is 6. The average Bonchev–Trinajstić information content (AvgIpc) is 2.10. The monoisotopic (exact) mass is 267 g/mol. The van der Waals surface area contributed by atoms with E-state index >= 15 is 0 Å². The van der Waals surface area contributed by atoms with Crippen LogP contribution in [0.4, 0.5) is 31.1 Å². The van der Waals surface area contributed by atoms with Gasteiger partial charge in [0.15, 0.2) is 6.61 Å². The van der Waals surface area contributed by atoms with Crippen molar-refractivity contribution >= 4 is 6.09 Å². The molecule has 102 valence electrons. The van der Waals surface area contributed by atoms with Crippen LogP contribution in [0.25, 0.3) is 0 Å². The number of carbonyl (C=O) groups is 1. The quantitative estimate of drug-likeness (QED) is 0.733. The van der Waals surface area contributed by atoms with E-state index in [1.54, 1.807) is 0 Å². The van der Waals surface area contributed by atoms with Crippen LogP contribution in [0.1, 0.15) is 13.3 Å². The molecule has 0 N–H and O–H groups in total. The molecule has 0 aliphatic heterocycles. The second-order valence-electron chi connectivity index (χ2n) is 3.21. The first-order chi connectivity index (χ1) is 7.55. The molecule has 0 unspecified atom stereocenters. The molecule has 0 heterocycles. The molecule has 0 rings (SSSR count). The Kier molecular flexibility index (Phi) is 5.56. The van der Waals surface area contributed by atoms with Crippen molar-refractivity contribution in [2.75, 3.05) is 19.7 Å². The molecule has 0 fully saturated rings. The first-order valence-electron chi connectivity index (χ1n) is 4.60. The van der Waals surface area contributed by atoms with Gasteiger partial charge in [-0.2, -0.15) is 26.3 Å². The van der Waals surface area contributed by atoms with Crippen molar-refractivity contribution in [2.45, 2.75) is 25.7 Å². The van der Waals surface area contributed by atoms with E-state index in [0.717, 1.165) is 0 Å². The summed E-state index contributed by atoms with van der Waals surface area (Å²) < 4.78 is 74.8. The summed E-state index contributed by atoms with van der Waals surface area (Å²) in [7, 11) is 0. The van der Waals surface area contributed by atoms with Crippen molar-refractivity contribution in [3.63, 3.8) is 0 Å². The number of halogens is 6. The summed E-state index contributed by atoms with van der Waals surface area (Å²) in [6, 6.07) is 0. The van der Waals surface area contributed by atoms with Gasteiger partial charge in [0.2, 0.25) is 0 Å². The van der Waals surface area contributed by atoms with Crippen LogP contribution in [0.15, 0.2) is 0 Å². The van der Waals surface area contributed by atoms with Gasteiger partial charge in [-0.15, -0.1) is 0 Å². The van der Waals surface area contributed by atoms with E-state index in [2.05, 4.69) is 4.74 Å². The average molecular weight is 267 g/mol. The standard InChI is InChI=1S/C8H11F6NO2/c1-2-3-15(4-7(9,10)11)6(16)17-5-8(12,13)14/h2-5H2,1H3. The third kappa shape index (κ3) is 8.64. The van der Waals surface area contributed by atoms with Gasteiger partial charge in [-0.3, -0.25) is 4.90 Å². The second kappa shape index (κ2) is 5.97. The Morgan fingerprint density at radius 1 is 1.12 bits per heavy atom. The smallest absolute Gasteiger partial charge is 0.422 e. The predicted octanol–water partition coefficient (Wildman–Crippen LogP) is 2.96. The highest BCUT2D eigenvalue weighted by atomic mass is 19.4. The summed E-state index contributed by atoms with van der Waals surface area (Å²) in [6.45, 7) is -2.36. The SMILES string of the molecule is CCCN(CC(F)(F)F)C(=O)OCC(F)(F)F. The topological polar surface area (TPSA) is 29.5 Å². The molecular weight excluding hydrogens is 256 g/mol. The van der Waals surface area contributed by atoms with Crippen molar-refractivity contribution in [2.24, 2.45) is 0 Å². The van der Waals surface area contributed by atoms with Gasteiger partial charge < -0.3 is 4.74 Å². The van der Waals surface area contributed by atoms with Gasteiger partial charge in [0.25, 0.3) is 0 Å². The Balaban J connectivity index is 4.35. The summed E-state index contributed by atoms with van der Waals surface area (Å²) >= 11 is 0. The second-order valence-corrected chi connectivity index (χ2v) is 3.21. The zero-order valence-electron chi connectivity index (χ0n) is 8.86. The number of hydrogen-bond acceptors (Lipinski definition) is 2. The van der Waals surface area contributed by atoms with Crippen LogP contribution in [0.5, 0.6) is 0 Å². The van der Waals surface area contributed by atoms with E-state index in [-0.39, 0.29) is 17.9 Å². The van der Waals surface area contributed by atoms with Crippen LogP contribution in [0.2, 0.25) is 0 Å². The molecule has 0 aromatic rings. The summed E-state index contributed by atoms with van der Waals surface area (Å²) in [4.78, 5) is 11.1. The molecule has 0 aliphatic rings. The molecule has 0 radical (unpaired) electrons. The lowest BCUT2D eigenvalue weighted by atomic mass is 10.4. The third-order valence-corrected chi connectivity index (χ3v) is 1.48. The molecule has 3 nitrogen and oxygen atoms in total. The molecule has 0 spiro atoms. The Hall–Kier alpha value is -1.15. The van der Waals surface area contributed by atoms with Gasteiger partial charge in [0, 0.05) is 6.54 Å². The van der Waals surface area contributed by atoms with Crippen molar-refractivity contribution < 1.29 is 35.9 Å². The fraction of sp³-hybridized carbons (Fsp3) is 0.875. The van der Waals surface area contributed by atoms with Crippen LogP contribution in [0.3, 0.4) is 0 Å². The zero-order chi connectivity index (χ0) is 13.7. The number of hydrogen-bond donors (Lipinski definition) is 0. The van der Waals surface area contributed by atoms with Gasteiger partial charge in [0.05, 0.1) is 0 Å². The van der Waals surface area contributed by atoms with Gasteiger partial charge in [0.1, 0.15) is 6.54 Å². The highest BCUT2D eigenvalue weighted by molar-refractivity contribution is 5.67. The minimum absolute atomic E-state index is 0.178. The Bertz CT molecular complexity index is 249. The van der Waals surface area contributed by atoms with E-state index in [4.69, 9.17) is 0 Å². The molecule has 17 heavy (non-hydrogen) atoms. The predicted molar refractivity (Wildman–Crippen MR) is 45.3 cm³/mol. The maximum Gasteiger partial charge on any atom is 0.422 e. The van der Waals surface area contributed by atoms with Crippen molar-refractivity contribution in [3.05, 3.63) is 0 Å². The highest BCUT2D eigenvalue weighted by Crippen LogP contribution is 2.19. The van der Waals surface area contributed by atoms with Crippen LogP contribution in [-0.4, -0.2) is 43.0 Å². The lowest BCUT2D eigenvalue weighted by Gasteiger charge is -2.22. The van der Waals surface area contributed by atoms with Gasteiger partial charge in [-0.1, -0.05) is 6.92 Å². The van der Waals surface area contributed by atoms with Crippen LogP contribution in [0, 0.1) is 0 Å². The number of ether oxygens (including phenoxy) is 1. The number of carbonyl (C=O) groups excluding carboxylic acids is 1. The van der Waals surface area contributed by atoms with Crippen LogP contribution in [-0.2, 0) is 4.74 Å². The normalized spacial score (nSPS) is 12.4. The van der Waals surface area contributed by atoms with Crippen molar-refractivity contribution in [1.29, 1.82) is 0 Å². The maximum absolute atomic E-state index is 12.0. The molecule has 0 aromatic carbocycles. The highest BCUT2D eigenvalue weighted by Gasteiger charge is 2.35.